The first-order valence-electron chi connectivity index (χ1n) is 5.12. The maximum Gasteiger partial charge on any atom is 0.170 e. The third-order valence-corrected chi connectivity index (χ3v) is 2.78. The summed E-state index contributed by atoms with van der Waals surface area (Å²) in [7, 11) is 1.67. The molecule has 0 fully saturated rings. The molecule has 3 nitrogen and oxygen atoms in total. The Hall–Kier alpha value is -0.550. The lowest BCUT2D eigenvalue weighted by Gasteiger charge is -2.11. The standard InChI is InChI=1S/C11H14Cl2N2OS/c1-16-6-2-5-14-11(17)15-10-4-3-8(12)7-9(10)13/h3-4,7H,2,5-6H2,1H3,(H2,14,15,17). The van der Waals surface area contributed by atoms with Gasteiger partial charge in [0.2, 0.25) is 0 Å². The first kappa shape index (κ1) is 14.5. The Bertz CT molecular complexity index is 388. The molecule has 0 heterocycles. The highest BCUT2D eigenvalue weighted by atomic mass is 35.5. The number of benzene rings is 1. The van der Waals surface area contributed by atoms with Crippen LogP contribution in [0.1, 0.15) is 6.42 Å². The van der Waals surface area contributed by atoms with E-state index in [1.54, 1.807) is 25.3 Å². The van der Waals surface area contributed by atoms with Gasteiger partial charge in [-0.3, -0.25) is 0 Å². The van der Waals surface area contributed by atoms with Gasteiger partial charge in [-0.05, 0) is 36.8 Å². The molecule has 1 aromatic carbocycles. The molecule has 0 aliphatic carbocycles. The van der Waals surface area contributed by atoms with E-state index < -0.39 is 0 Å². The fraction of sp³-hybridized carbons (Fsp3) is 0.364. The lowest BCUT2D eigenvalue weighted by Crippen LogP contribution is -2.29. The highest BCUT2D eigenvalue weighted by molar-refractivity contribution is 7.80. The number of ether oxygens (including phenoxy) is 1. The molecule has 0 radical (unpaired) electrons. The summed E-state index contributed by atoms with van der Waals surface area (Å²) in [5.41, 5.74) is 0.736. The maximum atomic E-state index is 6.00. The summed E-state index contributed by atoms with van der Waals surface area (Å²) in [6, 6.07) is 5.20. The molecule has 0 aliphatic rings. The van der Waals surface area contributed by atoms with Gasteiger partial charge in [0.15, 0.2) is 5.11 Å². The van der Waals surface area contributed by atoms with Crippen molar-refractivity contribution >= 4 is 46.2 Å². The van der Waals surface area contributed by atoms with Crippen molar-refractivity contribution in [1.29, 1.82) is 0 Å². The maximum absolute atomic E-state index is 6.00. The smallest absolute Gasteiger partial charge is 0.170 e. The zero-order valence-electron chi connectivity index (χ0n) is 9.43. The number of methoxy groups -OCH3 is 1. The fourth-order valence-electron chi connectivity index (χ4n) is 1.18. The Morgan fingerprint density at radius 2 is 2.18 bits per heavy atom. The zero-order valence-corrected chi connectivity index (χ0v) is 11.8. The molecule has 0 unspecified atom stereocenters. The highest BCUT2D eigenvalue weighted by Crippen LogP contribution is 2.25. The zero-order chi connectivity index (χ0) is 12.7. The van der Waals surface area contributed by atoms with Gasteiger partial charge < -0.3 is 15.4 Å². The normalized spacial score (nSPS) is 10.1. The van der Waals surface area contributed by atoms with E-state index >= 15 is 0 Å². The molecule has 0 saturated heterocycles. The lowest BCUT2D eigenvalue weighted by molar-refractivity contribution is 0.196. The summed E-state index contributed by atoms with van der Waals surface area (Å²) < 4.78 is 4.93. The van der Waals surface area contributed by atoms with E-state index in [0.29, 0.717) is 21.8 Å². The van der Waals surface area contributed by atoms with E-state index in [0.717, 1.165) is 18.7 Å². The van der Waals surface area contributed by atoms with E-state index in [-0.39, 0.29) is 0 Å². The van der Waals surface area contributed by atoms with Gasteiger partial charge in [-0.1, -0.05) is 23.2 Å². The van der Waals surface area contributed by atoms with E-state index in [1.165, 1.54) is 0 Å². The predicted molar refractivity (Wildman–Crippen MR) is 77.2 cm³/mol. The first-order valence-corrected chi connectivity index (χ1v) is 6.28. The minimum absolute atomic E-state index is 0.533. The van der Waals surface area contributed by atoms with Gasteiger partial charge in [0.1, 0.15) is 0 Å². The van der Waals surface area contributed by atoms with Crippen LogP contribution in [0.3, 0.4) is 0 Å². The average Bonchev–Trinajstić information content (AvgIpc) is 2.28. The second-order valence-corrected chi connectivity index (χ2v) is 4.60. The fourth-order valence-corrected chi connectivity index (χ4v) is 1.84. The quantitative estimate of drug-likeness (QED) is 0.644. The van der Waals surface area contributed by atoms with Crippen molar-refractivity contribution in [2.45, 2.75) is 6.42 Å². The summed E-state index contributed by atoms with van der Waals surface area (Å²) in [5, 5.41) is 7.73. The summed E-state index contributed by atoms with van der Waals surface area (Å²) in [5.74, 6) is 0. The predicted octanol–water partition coefficient (Wildman–Crippen LogP) is 3.32. The van der Waals surface area contributed by atoms with Crippen molar-refractivity contribution in [3.05, 3.63) is 28.2 Å². The van der Waals surface area contributed by atoms with Crippen molar-refractivity contribution in [3.8, 4) is 0 Å². The molecule has 0 bridgehead atoms. The van der Waals surface area contributed by atoms with Crippen molar-refractivity contribution < 1.29 is 4.74 Å². The number of thiocarbonyl (C=S) groups is 1. The number of hydrogen-bond donors (Lipinski definition) is 2. The van der Waals surface area contributed by atoms with Crippen LogP contribution in [0.5, 0.6) is 0 Å². The van der Waals surface area contributed by atoms with Crippen LogP contribution in [0.2, 0.25) is 10.0 Å². The monoisotopic (exact) mass is 292 g/mol. The van der Waals surface area contributed by atoms with Crippen LogP contribution in [0.15, 0.2) is 18.2 Å². The number of nitrogens with one attached hydrogen (secondary N) is 2. The van der Waals surface area contributed by atoms with Gasteiger partial charge in [-0.15, -0.1) is 0 Å². The third kappa shape index (κ3) is 5.55. The van der Waals surface area contributed by atoms with Crippen LogP contribution in [0, 0.1) is 0 Å². The second kappa shape index (κ2) is 7.71. The lowest BCUT2D eigenvalue weighted by atomic mass is 10.3. The molecule has 0 saturated carbocycles. The molecule has 6 heteroatoms. The van der Waals surface area contributed by atoms with Gasteiger partial charge in [-0.2, -0.15) is 0 Å². The average molecular weight is 293 g/mol. The van der Waals surface area contributed by atoms with E-state index in [1.807, 2.05) is 0 Å². The van der Waals surface area contributed by atoms with Gasteiger partial charge in [0.05, 0.1) is 10.7 Å². The molecular formula is C11H14Cl2N2OS. The minimum Gasteiger partial charge on any atom is -0.385 e. The van der Waals surface area contributed by atoms with Gasteiger partial charge in [0.25, 0.3) is 0 Å². The van der Waals surface area contributed by atoms with Crippen LogP contribution in [0.4, 0.5) is 5.69 Å². The number of halogens is 2. The van der Waals surface area contributed by atoms with Gasteiger partial charge in [0, 0.05) is 25.3 Å². The van der Waals surface area contributed by atoms with E-state index in [4.69, 9.17) is 40.2 Å². The number of anilines is 1. The third-order valence-electron chi connectivity index (χ3n) is 1.99. The van der Waals surface area contributed by atoms with Gasteiger partial charge >= 0.3 is 0 Å². The van der Waals surface area contributed by atoms with Crippen LogP contribution >= 0.6 is 35.4 Å². The van der Waals surface area contributed by atoms with Crippen molar-refractivity contribution in [2.75, 3.05) is 25.6 Å². The first-order chi connectivity index (χ1) is 8.13. The van der Waals surface area contributed by atoms with Crippen LogP contribution in [-0.4, -0.2) is 25.4 Å². The summed E-state index contributed by atoms with van der Waals surface area (Å²) in [6.45, 7) is 1.46. The molecule has 2 N–H and O–H groups in total. The molecule has 94 valence electrons. The van der Waals surface area contributed by atoms with Gasteiger partial charge in [-0.25, -0.2) is 0 Å². The van der Waals surface area contributed by atoms with Crippen LogP contribution in [0.25, 0.3) is 0 Å². The molecule has 1 aromatic rings. The van der Waals surface area contributed by atoms with Crippen LogP contribution in [-0.2, 0) is 4.74 Å². The number of rotatable bonds is 5. The Balaban J connectivity index is 2.40. The molecule has 17 heavy (non-hydrogen) atoms. The summed E-state index contributed by atoms with van der Waals surface area (Å²) >= 11 is 16.9. The molecule has 0 aromatic heterocycles. The SMILES string of the molecule is COCCCNC(=S)Nc1ccc(Cl)cc1Cl. The van der Waals surface area contributed by atoms with E-state index in [2.05, 4.69) is 10.6 Å². The Labute approximate surface area is 116 Å². The topological polar surface area (TPSA) is 33.3 Å². The van der Waals surface area contributed by atoms with Crippen molar-refractivity contribution in [1.82, 2.24) is 5.32 Å². The second-order valence-electron chi connectivity index (χ2n) is 3.35. The van der Waals surface area contributed by atoms with Crippen LogP contribution < -0.4 is 10.6 Å². The Kier molecular flexibility index (Phi) is 6.58. The highest BCUT2D eigenvalue weighted by Gasteiger charge is 2.02. The Morgan fingerprint density at radius 3 is 2.82 bits per heavy atom. The summed E-state index contributed by atoms with van der Waals surface area (Å²) in [4.78, 5) is 0. The van der Waals surface area contributed by atoms with Crippen molar-refractivity contribution in [2.24, 2.45) is 0 Å². The largest absolute Gasteiger partial charge is 0.385 e. The molecular weight excluding hydrogens is 279 g/mol. The minimum atomic E-state index is 0.533. The molecule has 0 aliphatic heterocycles. The molecule has 0 atom stereocenters. The molecule has 0 amide bonds. The van der Waals surface area contributed by atoms with E-state index in [9.17, 15) is 0 Å². The number of hydrogen-bond acceptors (Lipinski definition) is 2. The van der Waals surface area contributed by atoms with Crippen molar-refractivity contribution in [3.63, 3.8) is 0 Å². The summed E-state index contributed by atoms with van der Waals surface area (Å²) in [6.07, 6.45) is 0.896. The Morgan fingerprint density at radius 1 is 1.41 bits per heavy atom. The molecule has 1 rings (SSSR count). The molecule has 0 spiro atoms.